The molecule has 0 aliphatic rings. The van der Waals surface area contributed by atoms with E-state index in [4.69, 9.17) is 5.73 Å². The average Bonchev–Trinajstić information content (AvgIpc) is 2.76. The molecule has 0 fully saturated rings. The van der Waals surface area contributed by atoms with Crippen LogP contribution in [-0.4, -0.2) is 20.7 Å². The van der Waals surface area contributed by atoms with Crippen molar-refractivity contribution >= 4 is 11.7 Å². The average molecular weight is 249 g/mol. The van der Waals surface area contributed by atoms with Crippen LogP contribution in [0.25, 0.3) is 0 Å². The van der Waals surface area contributed by atoms with Gasteiger partial charge < -0.3 is 11.1 Å². The Hall–Kier alpha value is -2.44. The zero-order valence-electron chi connectivity index (χ0n) is 9.72. The number of carbonyl (C=O) groups is 1. The third kappa shape index (κ3) is 2.45. The maximum atomic E-state index is 13.5. The maximum absolute atomic E-state index is 13.5. The lowest BCUT2D eigenvalue weighted by molar-refractivity contribution is 0.0946. The number of halogens is 1. The Morgan fingerprint density at radius 1 is 1.56 bits per heavy atom. The molecule has 1 amide bonds. The van der Waals surface area contributed by atoms with Gasteiger partial charge in [-0.2, -0.15) is 5.10 Å². The van der Waals surface area contributed by atoms with Crippen molar-refractivity contribution in [3.63, 3.8) is 0 Å². The predicted octanol–water partition coefficient (Wildman–Crippen LogP) is 0.466. The van der Waals surface area contributed by atoms with Crippen molar-refractivity contribution in [2.75, 3.05) is 5.73 Å². The van der Waals surface area contributed by atoms with E-state index < -0.39 is 11.7 Å². The van der Waals surface area contributed by atoms with Crippen LogP contribution in [0.5, 0.6) is 0 Å². The summed E-state index contributed by atoms with van der Waals surface area (Å²) in [6.45, 7) is 0.224. The number of anilines is 1. The SMILES string of the molecule is Cn1ccc(CNC(=O)c2ccnc(N)c2F)n1. The highest BCUT2D eigenvalue weighted by Crippen LogP contribution is 2.11. The summed E-state index contributed by atoms with van der Waals surface area (Å²) in [5, 5.41) is 6.65. The molecule has 2 aromatic heterocycles. The monoisotopic (exact) mass is 249 g/mol. The van der Waals surface area contributed by atoms with Gasteiger partial charge in [-0.25, -0.2) is 9.37 Å². The van der Waals surface area contributed by atoms with Gasteiger partial charge in [-0.15, -0.1) is 0 Å². The van der Waals surface area contributed by atoms with Crippen molar-refractivity contribution in [3.8, 4) is 0 Å². The molecule has 0 unspecified atom stereocenters. The lowest BCUT2D eigenvalue weighted by Gasteiger charge is -2.05. The van der Waals surface area contributed by atoms with Gasteiger partial charge in [0.2, 0.25) is 0 Å². The Morgan fingerprint density at radius 3 is 3.00 bits per heavy atom. The van der Waals surface area contributed by atoms with Crippen molar-refractivity contribution in [3.05, 3.63) is 41.6 Å². The smallest absolute Gasteiger partial charge is 0.254 e. The first-order valence-electron chi connectivity index (χ1n) is 5.24. The number of hydrogen-bond donors (Lipinski definition) is 2. The topological polar surface area (TPSA) is 85.8 Å². The molecule has 7 heteroatoms. The molecular weight excluding hydrogens is 237 g/mol. The van der Waals surface area contributed by atoms with Crippen LogP contribution in [0, 0.1) is 5.82 Å². The van der Waals surface area contributed by atoms with Crippen molar-refractivity contribution < 1.29 is 9.18 Å². The number of amides is 1. The molecule has 6 nitrogen and oxygen atoms in total. The Morgan fingerprint density at radius 2 is 2.33 bits per heavy atom. The van der Waals surface area contributed by atoms with Crippen LogP contribution in [0.3, 0.4) is 0 Å². The number of hydrogen-bond acceptors (Lipinski definition) is 4. The van der Waals surface area contributed by atoms with Gasteiger partial charge in [-0.05, 0) is 12.1 Å². The minimum atomic E-state index is -0.809. The van der Waals surface area contributed by atoms with Gasteiger partial charge in [0.1, 0.15) is 0 Å². The molecule has 0 atom stereocenters. The highest BCUT2D eigenvalue weighted by molar-refractivity contribution is 5.94. The highest BCUT2D eigenvalue weighted by atomic mass is 19.1. The van der Waals surface area contributed by atoms with Crippen LogP contribution in [0.4, 0.5) is 10.2 Å². The van der Waals surface area contributed by atoms with E-state index in [2.05, 4.69) is 15.4 Å². The quantitative estimate of drug-likeness (QED) is 0.827. The van der Waals surface area contributed by atoms with Gasteiger partial charge in [0.05, 0.1) is 17.8 Å². The first-order valence-corrected chi connectivity index (χ1v) is 5.24. The Bertz CT molecular complexity index is 581. The van der Waals surface area contributed by atoms with Crippen molar-refractivity contribution in [2.24, 2.45) is 7.05 Å². The molecule has 2 aromatic rings. The molecule has 2 heterocycles. The molecule has 0 bridgehead atoms. The first kappa shape index (κ1) is 12.0. The third-order valence-corrected chi connectivity index (χ3v) is 2.36. The molecule has 3 N–H and O–H groups in total. The summed E-state index contributed by atoms with van der Waals surface area (Å²) < 4.78 is 15.1. The lowest BCUT2D eigenvalue weighted by Crippen LogP contribution is -2.24. The fourth-order valence-electron chi connectivity index (χ4n) is 1.46. The molecule has 0 spiro atoms. The third-order valence-electron chi connectivity index (χ3n) is 2.36. The van der Waals surface area contributed by atoms with Crippen LogP contribution in [-0.2, 0) is 13.6 Å². The van der Waals surface area contributed by atoms with Crippen LogP contribution < -0.4 is 11.1 Å². The largest absolute Gasteiger partial charge is 0.381 e. The van der Waals surface area contributed by atoms with Gasteiger partial charge >= 0.3 is 0 Å². The number of carbonyl (C=O) groups excluding carboxylic acids is 1. The number of pyridine rings is 1. The molecule has 0 aliphatic carbocycles. The molecule has 94 valence electrons. The molecule has 18 heavy (non-hydrogen) atoms. The molecular formula is C11H12FN5O. The first-order chi connectivity index (χ1) is 8.58. The number of nitrogen functional groups attached to an aromatic ring is 1. The standard InChI is InChI=1S/C11H12FN5O/c1-17-5-3-7(16-17)6-15-11(18)8-2-4-14-10(13)9(8)12/h2-5H,6H2,1H3,(H2,13,14)(H,15,18). The summed E-state index contributed by atoms with van der Waals surface area (Å²) in [5.41, 5.74) is 5.85. The van der Waals surface area contributed by atoms with Crippen molar-refractivity contribution in [1.29, 1.82) is 0 Å². The molecule has 0 saturated carbocycles. The number of nitrogens with one attached hydrogen (secondary N) is 1. The summed E-state index contributed by atoms with van der Waals surface area (Å²) in [7, 11) is 1.77. The lowest BCUT2D eigenvalue weighted by atomic mass is 10.2. The van der Waals surface area contributed by atoms with Crippen molar-refractivity contribution in [1.82, 2.24) is 20.1 Å². The second kappa shape index (κ2) is 4.82. The zero-order valence-corrected chi connectivity index (χ0v) is 9.72. The zero-order chi connectivity index (χ0) is 13.1. The summed E-state index contributed by atoms with van der Waals surface area (Å²) in [5.74, 6) is -1.65. The Labute approximate surface area is 103 Å². The Balaban J connectivity index is 2.06. The fraction of sp³-hybridized carbons (Fsp3) is 0.182. The summed E-state index contributed by atoms with van der Waals surface area (Å²) in [4.78, 5) is 15.3. The second-order valence-corrected chi connectivity index (χ2v) is 3.72. The fourth-order valence-corrected chi connectivity index (χ4v) is 1.46. The number of aromatic nitrogens is 3. The van der Waals surface area contributed by atoms with E-state index in [1.165, 1.54) is 12.3 Å². The highest BCUT2D eigenvalue weighted by Gasteiger charge is 2.14. The van der Waals surface area contributed by atoms with Gasteiger partial charge in [0.15, 0.2) is 11.6 Å². The predicted molar refractivity (Wildman–Crippen MR) is 63.0 cm³/mol. The van der Waals surface area contributed by atoms with E-state index in [9.17, 15) is 9.18 Å². The molecule has 0 radical (unpaired) electrons. The number of nitrogens with zero attached hydrogens (tertiary/aromatic N) is 3. The van der Waals surface area contributed by atoms with E-state index in [1.54, 1.807) is 24.0 Å². The van der Waals surface area contributed by atoms with Crippen LogP contribution in [0.15, 0.2) is 24.5 Å². The van der Waals surface area contributed by atoms with Gasteiger partial charge in [0, 0.05) is 19.4 Å². The van der Waals surface area contributed by atoms with Crippen molar-refractivity contribution in [2.45, 2.75) is 6.54 Å². The van der Waals surface area contributed by atoms with Gasteiger partial charge in [-0.3, -0.25) is 9.48 Å². The van der Waals surface area contributed by atoms with Gasteiger partial charge in [0.25, 0.3) is 5.91 Å². The molecule has 0 aromatic carbocycles. The normalized spacial score (nSPS) is 10.3. The summed E-state index contributed by atoms with van der Waals surface area (Å²) in [6.07, 6.45) is 3.04. The van der Waals surface area contributed by atoms with Gasteiger partial charge in [-0.1, -0.05) is 0 Å². The molecule has 0 aliphatic heterocycles. The number of aryl methyl sites for hydroxylation is 1. The van der Waals surface area contributed by atoms with Crippen LogP contribution in [0.2, 0.25) is 0 Å². The van der Waals surface area contributed by atoms with Crippen LogP contribution >= 0.6 is 0 Å². The maximum Gasteiger partial charge on any atom is 0.254 e. The minimum Gasteiger partial charge on any atom is -0.381 e. The van der Waals surface area contributed by atoms with E-state index in [1.807, 2.05) is 0 Å². The molecule has 0 saturated heterocycles. The van der Waals surface area contributed by atoms with E-state index in [-0.39, 0.29) is 17.9 Å². The second-order valence-electron chi connectivity index (χ2n) is 3.72. The number of nitrogens with two attached hydrogens (primary N) is 1. The number of rotatable bonds is 3. The van der Waals surface area contributed by atoms with E-state index in [0.29, 0.717) is 5.69 Å². The Kier molecular flexibility index (Phi) is 3.22. The van der Waals surface area contributed by atoms with E-state index >= 15 is 0 Å². The summed E-state index contributed by atoms with van der Waals surface area (Å²) >= 11 is 0. The summed E-state index contributed by atoms with van der Waals surface area (Å²) in [6, 6.07) is 3.04. The minimum absolute atomic E-state index is 0.126. The molecule has 2 rings (SSSR count). The van der Waals surface area contributed by atoms with Crippen LogP contribution in [0.1, 0.15) is 16.1 Å². The van der Waals surface area contributed by atoms with E-state index in [0.717, 1.165) is 0 Å².